The Hall–Kier alpha value is -2.66. The number of benzene rings is 2. The van der Waals surface area contributed by atoms with Crippen molar-refractivity contribution in [2.24, 2.45) is 5.92 Å². The topological polar surface area (TPSA) is 46.3 Å². The Morgan fingerprint density at radius 2 is 1.89 bits per heavy atom. The van der Waals surface area contributed by atoms with Gasteiger partial charge in [-0.15, -0.1) is 5.10 Å². The number of rotatable bonds is 2. The lowest BCUT2D eigenvalue weighted by molar-refractivity contribution is 0.437. The van der Waals surface area contributed by atoms with E-state index >= 15 is 0 Å². The van der Waals surface area contributed by atoms with Gasteiger partial charge in [-0.2, -0.15) is 4.52 Å². The molecule has 0 saturated carbocycles. The summed E-state index contributed by atoms with van der Waals surface area (Å²) in [6.45, 7) is 6.42. The van der Waals surface area contributed by atoms with Crippen molar-refractivity contribution in [3.8, 4) is 11.3 Å². The Morgan fingerprint density at radius 1 is 1.07 bits per heavy atom. The second-order valence-corrected chi connectivity index (χ2v) is 8.25. The van der Waals surface area contributed by atoms with Crippen LogP contribution in [0.2, 0.25) is 5.02 Å². The maximum atomic E-state index is 6.33. The van der Waals surface area contributed by atoms with Gasteiger partial charge in [0.1, 0.15) is 11.5 Å². The van der Waals surface area contributed by atoms with E-state index in [0.29, 0.717) is 5.02 Å². The zero-order chi connectivity index (χ0) is 19.3. The average Bonchev–Trinajstić information content (AvgIpc) is 3.12. The van der Waals surface area contributed by atoms with E-state index in [0.717, 1.165) is 52.6 Å². The molecule has 6 heteroatoms. The zero-order valence-corrected chi connectivity index (χ0v) is 16.8. The molecule has 142 valence electrons. The summed E-state index contributed by atoms with van der Waals surface area (Å²) in [7, 11) is 0. The molecule has 5 rings (SSSR count). The summed E-state index contributed by atoms with van der Waals surface area (Å²) in [5.74, 6) is 1.74. The van der Waals surface area contributed by atoms with E-state index < -0.39 is 0 Å². The highest BCUT2D eigenvalue weighted by molar-refractivity contribution is 6.31. The van der Waals surface area contributed by atoms with Gasteiger partial charge in [-0.3, -0.25) is 0 Å². The van der Waals surface area contributed by atoms with Crippen molar-refractivity contribution in [2.75, 3.05) is 18.0 Å². The van der Waals surface area contributed by atoms with Gasteiger partial charge < -0.3 is 4.90 Å². The van der Waals surface area contributed by atoms with Crippen LogP contribution in [0.5, 0.6) is 0 Å². The van der Waals surface area contributed by atoms with Gasteiger partial charge >= 0.3 is 0 Å². The second-order valence-electron chi connectivity index (χ2n) is 7.81. The van der Waals surface area contributed by atoms with E-state index in [1.54, 1.807) is 0 Å². The smallest absolute Gasteiger partial charge is 0.186 e. The third-order valence-corrected chi connectivity index (χ3v) is 5.90. The van der Waals surface area contributed by atoms with Crippen LogP contribution < -0.4 is 4.90 Å². The number of hydrogen-bond acceptors (Lipinski definition) is 4. The molecule has 0 spiro atoms. The van der Waals surface area contributed by atoms with Crippen LogP contribution in [0.4, 0.5) is 5.82 Å². The maximum absolute atomic E-state index is 6.33. The molecule has 0 unspecified atom stereocenters. The number of aromatic nitrogens is 4. The Kier molecular flexibility index (Phi) is 4.20. The van der Waals surface area contributed by atoms with E-state index in [1.165, 1.54) is 18.4 Å². The van der Waals surface area contributed by atoms with Crippen LogP contribution in [0.1, 0.15) is 25.3 Å². The molecule has 0 bridgehead atoms. The van der Waals surface area contributed by atoms with Gasteiger partial charge in [-0.1, -0.05) is 47.5 Å². The molecule has 0 radical (unpaired) electrons. The Labute approximate surface area is 168 Å². The van der Waals surface area contributed by atoms with Crippen LogP contribution in [0.3, 0.4) is 0 Å². The lowest BCUT2D eigenvalue weighted by atomic mass is 9.99. The molecule has 0 aliphatic carbocycles. The van der Waals surface area contributed by atoms with Crippen molar-refractivity contribution in [3.63, 3.8) is 0 Å². The van der Waals surface area contributed by atoms with E-state index in [9.17, 15) is 0 Å². The highest BCUT2D eigenvalue weighted by Gasteiger charge is 2.22. The monoisotopic (exact) mass is 391 g/mol. The number of halogens is 1. The number of anilines is 1. The van der Waals surface area contributed by atoms with Crippen LogP contribution in [0.25, 0.3) is 27.8 Å². The van der Waals surface area contributed by atoms with Crippen LogP contribution in [-0.4, -0.2) is 32.9 Å². The predicted molar refractivity (Wildman–Crippen MR) is 114 cm³/mol. The molecule has 4 aromatic rings. The van der Waals surface area contributed by atoms with E-state index in [2.05, 4.69) is 47.3 Å². The fourth-order valence-corrected chi connectivity index (χ4v) is 4.18. The van der Waals surface area contributed by atoms with Crippen LogP contribution >= 0.6 is 11.6 Å². The van der Waals surface area contributed by atoms with Gasteiger partial charge in [-0.05, 0) is 49.9 Å². The molecule has 0 amide bonds. The van der Waals surface area contributed by atoms with Crippen LogP contribution in [-0.2, 0) is 0 Å². The standard InChI is InChI=1S/C22H22ClN5/c1-14-8-10-27(11-9-14)21-18-13-17(23)6-7-19(18)28-22(24-21)20(25-26-28)16-5-3-4-15(2)12-16/h3-7,12-14H,8-11H2,1-2H3. The molecule has 1 aliphatic heterocycles. The van der Waals surface area contributed by atoms with Gasteiger partial charge in [0.25, 0.3) is 0 Å². The lowest BCUT2D eigenvalue weighted by Gasteiger charge is -2.32. The summed E-state index contributed by atoms with van der Waals surface area (Å²) in [6, 6.07) is 14.2. The fourth-order valence-electron chi connectivity index (χ4n) is 4.01. The minimum atomic E-state index is 0.708. The highest BCUT2D eigenvalue weighted by atomic mass is 35.5. The molecule has 0 atom stereocenters. The normalized spacial score (nSPS) is 15.6. The molecule has 28 heavy (non-hydrogen) atoms. The second kappa shape index (κ2) is 6.74. The third-order valence-electron chi connectivity index (χ3n) is 5.66. The molecule has 0 N–H and O–H groups in total. The molecule has 1 saturated heterocycles. The van der Waals surface area contributed by atoms with Crippen molar-refractivity contribution in [2.45, 2.75) is 26.7 Å². The first-order chi connectivity index (χ1) is 13.6. The van der Waals surface area contributed by atoms with Gasteiger partial charge in [0.05, 0.1) is 5.52 Å². The molecule has 5 nitrogen and oxygen atoms in total. The summed E-state index contributed by atoms with van der Waals surface area (Å²) in [6.07, 6.45) is 2.36. The molecule has 1 aliphatic rings. The van der Waals surface area contributed by atoms with E-state index in [4.69, 9.17) is 16.6 Å². The first-order valence-electron chi connectivity index (χ1n) is 9.77. The van der Waals surface area contributed by atoms with Crippen molar-refractivity contribution in [1.82, 2.24) is 19.8 Å². The quantitative estimate of drug-likeness (QED) is 0.474. The lowest BCUT2D eigenvalue weighted by Crippen LogP contribution is -2.33. The third kappa shape index (κ3) is 2.90. The van der Waals surface area contributed by atoms with Crippen molar-refractivity contribution >= 4 is 34.0 Å². The molecule has 2 aromatic heterocycles. The molecule has 1 fully saturated rings. The Balaban J connectivity index is 1.76. The summed E-state index contributed by atoms with van der Waals surface area (Å²) in [5, 5.41) is 10.6. The van der Waals surface area contributed by atoms with Crippen molar-refractivity contribution < 1.29 is 0 Å². The van der Waals surface area contributed by atoms with E-state index in [-0.39, 0.29) is 0 Å². The molecule has 2 aromatic carbocycles. The zero-order valence-electron chi connectivity index (χ0n) is 16.1. The van der Waals surface area contributed by atoms with Crippen LogP contribution in [0.15, 0.2) is 42.5 Å². The predicted octanol–water partition coefficient (Wildman–Crippen LogP) is 5.14. The van der Waals surface area contributed by atoms with Crippen molar-refractivity contribution in [1.29, 1.82) is 0 Å². The molecular formula is C22H22ClN5. The number of aryl methyl sites for hydroxylation is 1. The summed E-state index contributed by atoms with van der Waals surface area (Å²) >= 11 is 6.33. The summed E-state index contributed by atoms with van der Waals surface area (Å²) in [4.78, 5) is 7.45. The average molecular weight is 392 g/mol. The summed E-state index contributed by atoms with van der Waals surface area (Å²) in [5.41, 5.74) is 4.81. The van der Waals surface area contributed by atoms with Gasteiger partial charge in [0, 0.05) is 29.1 Å². The van der Waals surface area contributed by atoms with Crippen molar-refractivity contribution in [3.05, 3.63) is 53.1 Å². The number of hydrogen-bond donors (Lipinski definition) is 0. The van der Waals surface area contributed by atoms with Crippen LogP contribution in [0, 0.1) is 12.8 Å². The Morgan fingerprint density at radius 3 is 2.68 bits per heavy atom. The van der Waals surface area contributed by atoms with E-state index in [1.807, 2.05) is 28.8 Å². The maximum Gasteiger partial charge on any atom is 0.186 e. The molecule has 3 heterocycles. The summed E-state index contributed by atoms with van der Waals surface area (Å²) < 4.78 is 1.83. The minimum Gasteiger partial charge on any atom is -0.356 e. The fraction of sp³-hybridized carbons (Fsp3) is 0.318. The number of piperidine rings is 1. The Bertz CT molecular complexity index is 1170. The highest BCUT2D eigenvalue weighted by Crippen LogP contribution is 2.33. The van der Waals surface area contributed by atoms with Gasteiger partial charge in [0.15, 0.2) is 5.65 Å². The largest absolute Gasteiger partial charge is 0.356 e. The molecular weight excluding hydrogens is 370 g/mol. The number of fused-ring (bicyclic) bond motifs is 3. The minimum absolute atomic E-state index is 0.708. The first kappa shape index (κ1) is 17.4. The number of nitrogens with zero attached hydrogens (tertiary/aromatic N) is 5. The van der Waals surface area contributed by atoms with Gasteiger partial charge in [-0.25, -0.2) is 4.98 Å². The SMILES string of the molecule is Cc1cccc(-c2nnn3c2nc(N2CCC(C)CC2)c2cc(Cl)ccc23)c1. The van der Waals surface area contributed by atoms with Gasteiger partial charge in [0.2, 0.25) is 0 Å². The first-order valence-corrected chi connectivity index (χ1v) is 10.1.